The van der Waals surface area contributed by atoms with Gasteiger partial charge in [0.05, 0.1) is 6.20 Å². The van der Waals surface area contributed by atoms with E-state index in [2.05, 4.69) is 15.0 Å². The summed E-state index contributed by atoms with van der Waals surface area (Å²) in [4.78, 5) is 11.4. The molecule has 0 fully saturated rings. The summed E-state index contributed by atoms with van der Waals surface area (Å²) in [5.41, 5.74) is 0.814. The lowest BCUT2D eigenvalue weighted by molar-refractivity contribution is 0.0914. The molecule has 0 aliphatic carbocycles. The molecule has 0 aliphatic rings. The van der Waals surface area contributed by atoms with Gasteiger partial charge in [0.1, 0.15) is 5.82 Å². The molecule has 0 radical (unpaired) electrons. The predicted octanol–water partition coefficient (Wildman–Crippen LogP) is 1.74. The van der Waals surface area contributed by atoms with Crippen molar-refractivity contribution < 1.29 is 13.7 Å². The van der Waals surface area contributed by atoms with Gasteiger partial charge >= 0.3 is 0 Å². The summed E-state index contributed by atoms with van der Waals surface area (Å²) in [5.74, 6) is -0.491. The van der Waals surface area contributed by atoms with Crippen molar-refractivity contribution in [3.63, 3.8) is 0 Å². The fraction of sp³-hybridized carbons (Fsp3) is 0.0909. The Balaban J connectivity index is 1.93. The minimum atomic E-state index is -0.346. The molecule has 1 aromatic heterocycles. The molecule has 16 heavy (non-hydrogen) atoms. The lowest BCUT2D eigenvalue weighted by Crippen LogP contribution is -2.22. The maximum Gasteiger partial charge on any atom is 0.290 e. The highest BCUT2D eigenvalue weighted by Gasteiger charge is 2.08. The molecule has 82 valence electrons. The number of hydrogen-bond donors (Lipinski definition) is 1. The minimum absolute atomic E-state index is 0.155. The largest absolute Gasteiger partial charge is 0.351 e. The van der Waals surface area contributed by atoms with Crippen LogP contribution in [0.15, 0.2) is 41.1 Å². The van der Waals surface area contributed by atoms with Crippen LogP contribution in [0.1, 0.15) is 16.1 Å². The number of amides is 1. The van der Waals surface area contributed by atoms with Crippen molar-refractivity contribution in [1.29, 1.82) is 0 Å². The molecule has 0 bridgehead atoms. The van der Waals surface area contributed by atoms with Gasteiger partial charge in [0, 0.05) is 12.6 Å². The molecule has 1 amide bonds. The Morgan fingerprint density at radius 2 is 2.06 bits per heavy atom. The van der Waals surface area contributed by atoms with E-state index in [1.165, 1.54) is 24.4 Å². The molecule has 0 spiro atoms. The molecule has 2 aromatic rings. The normalized spacial score (nSPS) is 10.1. The van der Waals surface area contributed by atoms with Crippen molar-refractivity contribution in [3.05, 3.63) is 53.7 Å². The molecule has 1 aromatic carbocycles. The molecular formula is C11H9FN2O2. The number of rotatable bonds is 3. The van der Waals surface area contributed by atoms with Gasteiger partial charge in [-0.25, -0.2) is 4.39 Å². The summed E-state index contributed by atoms with van der Waals surface area (Å²) in [6.07, 6.45) is 1.40. The summed E-state index contributed by atoms with van der Waals surface area (Å²) < 4.78 is 17.3. The standard InChI is InChI=1S/C11H9FN2O2/c12-9-3-1-8(2-4-9)7-13-11(15)10-5-6-14-16-10/h1-6H,7H2,(H,13,15). The first-order chi connectivity index (χ1) is 7.75. The molecule has 4 nitrogen and oxygen atoms in total. The zero-order valence-corrected chi connectivity index (χ0v) is 8.31. The number of carbonyl (C=O) groups excluding carboxylic acids is 1. The molecule has 0 saturated heterocycles. The molecule has 1 N–H and O–H groups in total. The number of nitrogens with zero attached hydrogens (tertiary/aromatic N) is 1. The molecule has 0 atom stereocenters. The number of aromatic nitrogens is 1. The zero-order valence-electron chi connectivity index (χ0n) is 8.31. The first-order valence-corrected chi connectivity index (χ1v) is 4.69. The fourth-order valence-electron chi connectivity index (χ4n) is 1.20. The third-order valence-corrected chi connectivity index (χ3v) is 2.03. The number of carbonyl (C=O) groups is 1. The van der Waals surface area contributed by atoms with Crippen LogP contribution in [0.5, 0.6) is 0 Å². The maximum atomic E-state index is 12.6. The van der Waals surface area contributed by atoms with Gasteiger partial charge in [0.25, 0.3) is 5.91 Å². The lowest BCUT2D eigenvalue weighted by Gasteiger charge is -2.02. The second-order valence-electron chi connectivity index (χ2n) is 3.19. The highest BCUT2D eigenvalue weighted by Crippen LogP contribution is 2.03. The van der Waals surface area contributed by atoms with Crippen LogP contribution in [0.4, 0.5) is 4.39 Å². The van der Waals surface area contributed by atoms with Crippen molar-refractivity contribution in [2.45, 2.75) is 6.54 Å². The average Bonchev–Trinajstić information content (AvgIpc) is 2.81. The van der Waals surface area contributed by atoms with Crippen LogP contribution >= 0.6 is 0 Å². The Bertz CT molecular complexity index is 465. The minimum Gasteiger partial charge on any atom is -0.351 e. The van der Waals surface area contributed by atoms with Crippen LogP contribution in [0.3, 0.4) is 0 Å². The Morgan fingerprint density at radius 3 is 2.69 bits per heavy atom. The summed E-state index contributed by atoms with van der Waals surface area (Å²) in [6.45, 7) is 0.319. The van der Waals surface area contributed by atoms with E-state index in [1.54, 1.807) is 12.1 Å². The number of nitrogens with one attached hydrogen (secondary N) is 1. The first kappa shape index (κ1) is 10.4. The maximum absolute atomic E-state index is 12.6. The van der Waals surface area contributed by atoms with Crippen molar-refractivity contribution in [2.24, 2.45) is 0 Å². The van der Waals surface area contributed by atoms with Gasteiger partial charge in [-0.05, 0) is 17.7 Å². The Hall–Kier alpha value is -2.17. The van der Waals surface area contributed by atoms with Gasteiger partial charge in [-0.15, -0.1) is 0 Å². The highest BCUT2D eigenvalue weighted by atomic mass is 19.1. The van der Waals surface area contributed by atoms with Crippen molar-refractivity contribution in [2.75, 3.05) is 0 Å². The number of hydrogen-bond acceptors (Lipinski definition) is 3. The summed E-state index contributed by atoms with van der Waals surface area (Å²) >= 11 is 0. The summed E-state index contributed by atoms with van der Waals surface area (Å²) in [5, 5.41) is 6.05. The van der Waals surface area contributed by atoms with Crippen molar-refractivity contribution >= 4 is 5.91 Å². The van der Waals surface area contributed by atoms with Gasteiger partial charge in [-0.3, -0.25) is 4.79 Å². The first-order valence-electron chi connectivity index (χ1n) is 4.69. The third kappa shape index (κ3) is 2.44. The van der Waals surface area contributed by atoms with Crippen LogP contribution in [0.25, 0.3) is 0 Å². The van der Waals surface area contributed by atoms with Crippen LogP contribution in [-0.4, -0.2) is 11.1 Å². The summed E-state index contributed by atoms with van der Waals surface area (Å²) in [7, 11) is 0. The third-order valence-electron chi connectivity index (χ3n) is 2.03. The fourth-order valence-corrected chi connectivity index (χ4v) is 1.20. The van der Waals surface area contributed by atoms with Crippen molar-refractivity contribution in [1.82, 2.24) is 10.5 Å². The van der Waals surface area contributed by atoms with Crippen LogP contribution in [0, 0.1) is 5.82 Å². The monoisotopic (exact) mass is 220 g/mol. The number of benzene rings is 1. The van der Waals surface area contributed by atoms with E-state index in [1.807, 2.05) is 0 Å². The van der Waals surface area contributed by atoms with Gasteiger partial charge in [0.15, 0.2) is 0 Å². The quantitative estimate of drug-likeness (QED) is 0.857. The Kier molecular flexibility index (Phi) is 2.95. The second kappa shape index (κ2) is 4.57. The molecule has 2 rings (SSSR count). The van der Waals surface area contributed by atoms with E-state index < -0.39 is 0 Å². The molecule has 0 unspecified atom stereocenters. The molecule has 5 heteroatoms. The van der Waals surface area contributed by atoms with Crippen molar-refractivity contribution in [3.8, 4) is 0 Å². The Labute approximate surface area is 91.1 Å². The molecular weight excluding hydrogens is 211 g/mol. The van der Waals surface area contributed by atoms with E-state index in [9.17, 15) is 9.18 Å². The molecule has 0 saturated carbocycles. The van der Waals surface area contributed by atoms with Gasteiger partial charge in [-0.2, -0.15) is 0 Å². The SMILES string of the molecule is O=C(NCc1ccc(F)cc1)c1ccno1. The van der Waals surface area contributed by atoms with E-state index in [0.29, 0.717) is 6.54 Å². The van der Waals surface area contributed by atoms with Gasteiger partial charge in [0.2, 0.25) is 5.76 Å². The Morgan fingerprint density at radius 1 is 1.31 bits per heavy atom. The predicted molar refractivity (Wildman–Crippen MR) is 54.1 cm³/mol. The second-order valence-corrected chi connectivity index (χ2v) is 3.19. The number of halogens is 1. The average molecular weight is 220 g/mol. The highest BCUT2D eigenvalue weighted by molar-refractivity contribution is 5.91. The zero-order chi connectivity index (χ0) is 11.4. The summed E-state index contributed by atoms with van der Waals surface area (Å²) in [6, 6.07) is 7.37. The molecule has 0 aliphatic heterocycles. The van der Waals surface area contributed by atoms with Gasteiger partial charge < -0.3 is 9.84 Å². The lowest BCUT2D eigenvalue weighted by atomic mass is 10.2. The van der Waals surface area contributed by atoms with E-state index in [4.69, 9.17) is 0 Å². The van der Waals surface area contributed by atoms with Gasteiger partial charge in [-0.1, -0.05) is 17.3 Å². The van der Waals surface area contributed by atoms with Crippen LogP contribution in [-0.2, 0) is 6.54 Å². The van der Waals surface area contributed by atoms with Crippen LogP contribution < -0.4 is 5.32 Å². The van der Waals surface area contributed by atoms with E-state index >= 15 is 0 Å². The topological polar surface area (TPSA) is 55.1 Å². The smallest absolute Gasteiger partial charge is 0.290 e. The van der Waals surface area contributed by atoms with E-state index in [-0.39, 0.29) is 17.5 Å². The molecule has 1 heterocycles. The van der Waals surface area contributed by atoms with Crippen LogP contribution in [0.2, 0.25) is 0 Å². The van der Waals surface area contributed by atoms with E-state index in [0.717, 1.165) is 5.56 Å².